The Morgan fingerprint density at radius 3 is 2.81 bits per heavy atom. The minimum absolute atomic E-state index is 0.471. The molecule has 0 aliphatic carbocycles. The second-order valence-electron chi connectivity index (χ2n) is 5.65. The van der Waals surface area contributed by atoms with Gasteiger partial charge in [-0.25, -0.2) is 0 Å². The molecule has 4 nitrogen and oxygen atoms in total. The maximum atomic E-state index is 5.36. The molecular weight excluding hydrogens is 262 g/mol. The topological polar surface area (TPSA) is 41.3 Å². The summed E-state index contributed by atoms with van der Waals surface area (Å²) in [4.78, 5) is 2.45. The highest BCUT2D eigenvalue weighted by Crippen LogP contribution is 2.22. The van der Waals surface area contributed by atoms with E-state index in [1.54, 1.807) is 0 Å². The van der Waals surface area contributed by atoms with Crippen LogP contribution in [0.25, 0.3) is 0 Å². The lowest BCUT2D eigenvalue weighted by Crippen LogP contribution is -2.30. The Morgan fingerprint density at radius 1 is 1.33 bits per heavy atom. The Morgan fingerprint density at radius 2 is 2.14 bits per heavy atom. The zero-order chi connectivity index (χ0) is 15.5. The molecule has 0 aliphatic rings. The molecule has 0 fully saturated rings. The van der Waals surface area contributed by atoms with Crippen LogP contribution < -0.4 is 5.32 Å². The molecular formula is C17H31N3O. The van der Waals surface area contributed by atoms with Crippen molar-refractivity contribution in [2.24, 2.45) is 0 Å². The number of hydrogen-bond acceptors (Lipinski definition) is 4. The maximum Gasteiger partial charge on any atom is 0.224 e. The van der Waals surface area contributed by atoms with Gasteiger partial charge in [0.15, 0.2) is 0 Å². The molecule has 0 aromatic carbocycles. The fourth-order valence-corrected chi connectivity index (χ4v) is 2.45. The summed E-state index contributed by atoms with van der Waals surface area (Å²) in [5, 5.41) is 7.48. The molecule has 0 saturated carbocycles. The van der Waals surface area contributed by atoms with Gasteiger partial charge in [0.05, 0.1) is 5.69 Å². The molecule has 1 rings (SSSR count). The van der Waals surface area contributed by atoms with Crippen molar-refractivity contribution in [3.63, 3.8) is 0 Å². The van der Waals surface area contributed by atoms with Gasteiger partial charge in [-0.05, 0) is 25.8 Å². The van der Waals surface area contributed by atoms with Gasteiger partial charge in [-0.15, -0.1) is 6.58 Å². The summed E-state index contributed by atoms with van der Waals surface area (Å²) >= 11 is 0. The van der Waals surface area contributed by atoms with Crippen LogP contribution in [-0.2, 0) is 0 Å². The summed E-state index contributed by atoms with van der Waals surface area (Å²) < 4.78 is 5.36. The first-order chi connectivity index (χ1) is 10.2. The molecule has 0 spiro atoms. The highest BCUT2D eigenvalue weighted by molar-refractivity contribution is 5.32. The number of nitrogens with one attached hydrogen (secondary N) is 1. The minimum Gasteiger partial charge on any atom is -0.353 e. The molecule has 21 heavy (non-hydrogen) atoms. The van der Waals surface area contributed by atoms with E-state index in [9.17, 15) is 0 Å². The van der Waals surface area contributed by atoms with Crippen molar-refractivity contribution in [2.45, 2.75) is 52.4 Å². The van der Waals surface area contributed by atoms with Gasteiger partial charge in [0.1, 0.15) is 0 Å². The van der Waals surface area contributed by atoms with Crippen LogP contribution in [0.15, 0.2) is 23.2 Å². The second kappa shape index (κ2) is 10.4. The predicted octanol–water partition coefficient (Wildman–Crippen LogP) is 4.28. The van der Waals surface area contributed by atoms with Crippen LogP contribution in [0.2, 0.25) is 0 Å². The SMILES string of the molecule is C=CCCN(CCC)CCNc1cc(C(C)CCC)no1. The molecule has 0 amide bonds. The van der Waals surface area contributed by atoms with E-state index >= 15 is 0 Å². The molecule has 0 aliphatic heterocycles. The van der Waals surface area contributed by atoms with E-state index in [0.717, 1.165) is 50.6 Å². The van der Waals surface area contributed by atoms with E-state index in [-0.39, 0.29) is 0 Å². The van der Waals surface area contributed by atoms with Gasteiger partial charge in [0, 0.05) is 31.6 Å². The first-order valence-corrected chi connectivity index (χ1v) is 8.24. The lowest BCUT2D eigenvalue weighted by molar-refractivity contribution is 0.289. The molecule has 0 saturated heterocycles. The summed E-state index contributed by atoms with van der Waals surface area (Å²) in [6.07, 6.45) is 6.52. The van der Waals surface area contributed by atoms with Crippen LogP contribution in [-0.4, -0.2) is 36.2 Å². The number of hydrogen-bond donors (Lipinski definition) is 1. The van der Waals surface area contributed by atoms with E-state index in [1.807, 2.05) is 12.1 Å². The lowest BCUT2D eigenvalue weighted by Gasteiger charge is -2.20. The van der Waals surface area contributed by atoms with Crippen molar-refractivity contribution < 1.29 is 4.52 Å². The van der Waals surface area contributed by atoms with Crippen molar-refractivity contribution in [3.8, 4) is 0 Å². The number of rotatable bonds is 12. The zero-order valence-corrected chi connectivity index (χ0v) is 13.9. The van der Waals surface area contributed by atoms with E-state index in [4.69, 9.17) is 4.52 Å². The van der Waals surface area contributed by atoms with Gasteiger partial charge in [-0.2, -0.15) is 0 Å². The third-order valence-electron chi connectivity index (χ3n) is 3.67. The predicted molar refractivity (Wildman–Crippen MR) is 89.9 cm³/mol. The maximum absolute atomic E-state index is 5.36. The highest BCUT2D eigenvalue weighted by Gasteiger charge is 2.11. The quantitative estimate of drug-likeness (QED) is 0.584. The Hall–Kier alpha value is -1.29. The van der Waals surface area contributed by atoms with Crippen LogP contribution in [0.1, 0.15) is 58.1 Å². The fourth-order valence-electron chi connectivity index (χ4n) is 2.45. The van der Waals surface area contributed by atoms with Crippen LogP contribution in [0, 0.1) is 0 Å². The Balaban J connectivity index is 2.35. The van der Waals surface area contributed by atoms with Gasteiger partial charge >= 0.3 is 0 Å². The third-order valence-corrected chi connectivity index (χ3v) is 3.67. The first-order valence-electron chi connectivity index (χ1n) is 8.24. The zero-order valence-electron chi connectivity index (χ0n) is 13.9. The van der Waals surface area contributed by atoms with Crippen LogP contribution in [0.4, 0.5) is 5.88 Å². The molecule has 1 aromatic rings. The molecule has 1 heterocycles. The average Bonchev–Trinajstić information content (AvgIpc) is 2.94. The monoisotopic (exact) mass is 293 g/mol. The van der Waals surface area contributed by atoms with E-state index in [0.29, 0.717) is 5.92 Å². The van der Waals surface area contributed by atoms with Gasteiger partial charge in [-0.1, -0.05) is 38.4 Å². The Bertz CT molecular complexity index is 389. The van der Waals surface area contributed by atoms with E-state index in [2.05, 4.69) is 42.7 Å². The standard InChI is InChI=1S/C17H31N3O/c1-5-8-12-20(11-7-3)13-10-18-17-14-16(19-21-17)15(4)9-6-2/h5,14-15,18H,1,6-13H2,2-4H3. The number of anilines is 1. The molecule has 0 radical (unpaired) electrons. The molecule has 1 unspecified atom stereocenters. The molecule has 1 atom stereocenters. The smallest absolute Gasteiger partial charge is 0.224 e. The summed E-state index contributed by atoms with van der Waals surface area (Å²) in [5.74, 6) is 1.26. The molecule has 1 N–H and O–H groups in total. The second-order valence-corrected chi connectivity index (χ2v) is 5.65. The van der Waals surface area contributed by atoms with Gasteiger partial charge in [-0.3, -0.25) is 0 Å². The largest absolute Gasteiger partial charge is 0.353 e. The molecule has 1 aromatic heterocycles. The van der Waals surface area contributed by atoms with Crippen molar-refractivity contribution in [2.75, 3.05) is 31.5 Å². The van der Waals surface area contributed by atoms with Crippen LogP contribution in [0.5, 0.6) is 0 Å². The van der Waals surface area contributed by atoms with Gasteiger partial charge in [0.2, 0.25) is 5.88 Å². The van der Waals surface area contributed by atoms with Gasteiger partial charge < -0.3 is 14.7 Å². The van der Waals surface area contributed by atoms with Crippen molar-refractivity contribution >= 4 is 5.88 Å². The van der Waals surface area contributed by atoms with E-state index < -0.39 is 0 Å². The summed E-state index contributed by atoms with van der Waals surface area (Å²) in [5.41, 5.74) is 1.05. The normalized spacial score (nSPS) is 12.6. The lowest BCUT2D eigenvalue weighted by atomic mass is 10.0. The van der Waals surface area contributed by atoms with Crippen molar-refractivity contribution in [3.05, 3.63) is 24.4 Å². The molecule has 0 bridgehead atoms. The fraction of sp³-hybridized carbons (Fsp3) is 0.706. The van der Waals surface area contributed by atoms with Crippen molar-refractivity contribution in [1.82, 2.24) is 10.1 Å². The van der Waals surface area contributed by atoms with Crippen LogP contribution >= 0.6 is 0 Å². The molecule has 120 valence electrons. The van der Waals surface area contributed by atoms with Crippen molar-refractivity contribution in [1.29, 1.82) is 0 Å². The minimum atomic E-state index is 0.471. The summed E-state index contributed by atoms with van der Waals surface area (Å²) in [7, 11) is 0. The number of aromatic nitrogens is 1. The van der Waals surface area contributed by atoms with Gasteiger partial charge in [0.25, 0.3) is 0 Å². The Labute approximate surface area is 129 Å². The highest BCUT2D eigenvalue weighted by atomic mass is 16.5. The summed E-state index contributed by atoms with van der Waals surface area (Å²) in [6, 6.07) is 2.04. The third kappa shape index (κ3) is 6.80. The number of nitrogens with zero attached hydrogens (tertiary/aromatic N) is 2. The van der Waals surface area contributed by atoms with E-state index in [1.165, 1.54) is 12.8 Å². The Kier molecular flexibility index (Phi) is 8.83. The summed E-state index contributed by atoms with van der Waals surface area (Å²) in [6.45, 7) is 14.5. The molecule has 4 heteroatoms. The average molecular weight is 293 g/mol. The first kappa shape index (κ1) is 17.8. The van der Waals surface area contributed by atoms with Crippen LogP contribution in [0.3, 0.4) is 0 Å².